The smallest absolute Gasteiger partial charge is 0.119 e. The molecule has 0 saturated heterocycles. The number of methoxy groups -OCH3 is 1. The second-order valence-corrected chi connectivity index (χ2v) is 4.29. The second-order valence-electron chi connectivity index (χ2n) is 4.29. The van der Waals surface area contributed by atoms with Crippen molar-refractivity contribution >= 4 is 0 Å². The Hall–Kier alpha value is -1.02. The molecular formula is C13H19NO. The van der Waals surface area contributed by atoms with Gasteiger partial charge in [-0.15, -0.1) is 0 Å². The van der Waals surface area contributed by atoms with Crippen LogP contribution in [0.2, 0.25) is 0 Å². The van der Waals surface area contributed by atoms with Crippen molar-refractivity contribution in [2.45, 2.75) is 25.3 Å². The van der Waals surface area contributed by atoms with Gasteiger partial charge in [0.05, 0.1) is 7.11 Å². The highest BCUT2D eigenvalue weighted by atomic mass is 16.5. The maximum atomic E-state index is 5.23. The van der Waals surface area contributed by atoms with Crippen molar-refractivity contribution in [2.24, 2.45) is 5.92 Å². The van der Waals surface area contributed by atoms with Crippen LogP contribution in [0, 0.1) is 5.92 Å². The van der Waals surface area contributed by atoms with E-state index >= 15 is 0 Å². The highest BCUT2D eigenvalue weighted by Crippen LogP contribution is 2.34. The molecule has 1 fully saturated rings. The molecule has 0 aliphatic heterocycles. The molecule has 0 spiro atoms. The van der Waals surface area contributed by atoms with E-state index in [2.05, 4.69) is 30.6 Å². The third-order valence-electron chi connectivity index (χ3n) is 3.15. The van der Waals surface area contributed by atoms with Crippen LogP contribution in [0.3, 0.4) is 0 Å². The van der Waals surface area contributed by atoms with E-state index in [1.54, 1.807) is 7.11 Å². The molecule has 82 valence electrons. The lowest BCUT2D eigenvalue weighted by Gasteiger charge is -2.15. The van der Waals surface area contributed by atoms with E-state index in [1.165, 1.54) is 18.4 Å². The van der Waals surface area contributed by atoms with Crippen LogP contribution in [0.5, 0.6) is 5.75 Å². The molecule has 2 heteroatoms. The molecule has 0 aromatic heterocycles. The van der Waals surface area contributed by atoms with Crippen molar-refractivity contribution in [1.82, 2.24) is 5.32 Å². The third kappa shape index (κ3) is 2.72. The SMILES string of the molecule is CNC(Cc1cccc(OC)c1)C1CC1. The highest BCUT2D eigenvalue weighted by molar-refractivity contribution is 5.29. The molecule has 0 amide bonds. The van der Waals surface area contributed by atoms with E-state index in [1.807, 2.05) is 6.07 Å². The Morgan fingerprint density at radius 2 is 2.27 bits per heavy atom. The minimum Gasteiger partial charge on any atom is -0.497 e. The average molecular weight is 205 g/mol. The summed E-state index contributed by atoms with van der Waals surface area (Å²) in [6, 6.07) is 9.00. The Labute approximate surface area is 91.6 Å². The zero-order valence-electron chi connectivity index (χ0n) is 9.49. The van der Waals surface area contributed by atoms with E-state index in [0.29, 0.717) is 6.04 Å². The largest absolute Gasteiger partial charge is 0.497 e. The van der Waals surface area contributed by atoms with Gasteiger partial charge in [0.25, 0.3) is 0 Å². The standard InChI is InChI=1S/C13H19NO/c1-14-13(11-6-7-11)9-10-4-3-5-12(8-10)15-2/h3-5,8,11,13-14H,6-7,9H2,1-2H3. The summed E-state index contributed by atoms with van der Waals surface area (Å²) >= 11 is 0. The van der Waals surface area contributed by atoms with E-state index < -0.39 is 0 Å². The van der Waals surface area contributed by atoms with Crippen molar-refractivity contribution in [3.63, 3.8) is 0 Å². The molecule has 1 unspecified atom stereocenters. The van der Waals surface area contributed by atoms with Crippen LogP contribution in [0.25, 0.3) is 0 Å². The van der Waals surface area contributed by atoms with Crippen LogP contribution in [0.1, 0.15) is 18.4 Å². The van der Waals surface area contributed by atoms with Gasteiger partial charge in [0, 0.05) is 6.04 Å². The zero-order valence-corrected chi connectivity index (χ0v) is 9.49. The fourth-order valence-electron chi connectivity index (χ4n) is 2.06. The number of ether oxygens (including phenoxy) is 1. The molecule has 15 heavy (non-hydrogen) atoms. The fraction of sp³-hybridized carbons (Fsp3) is 0.538. The Morgan fingerprint density at radius 3 is 2.87 bits per heavy atom. The first-order chi connectivity index (χ1) is 7.33. The molecule has 1 atom stereocenters. The molecule has 2 nitrogen and oxygen atoms in total. The highest BCUT2D eigenvalue weighted by Gasteiger charge is 2.29. The minimum absolute atomic E-state index is 0.636. The van der Waals surface area contributed by atoms with Crippen LogP contribution in [-0.4, -0.2) is 20.2 Å². The van der Waals surface area contributed by atoms with Gasteiger partial charge in [-0.3, -0.25) is 0 Å². The Balaban J connectivity index is 2.01. The number of rotatable bonds is 5. The van der Waals surface area contributed by atoms with Crippen LogP contribution in [-0.2, 0) is 6.42 Å². The van der Waals surface area contributed by atoms with Crippen molar-refractivity contribution in [2.75, 3.05) is 14.2 Å². The predicted octanol–water partition coefficient (Wildman–Crippen LogP) is 2.24. The lowest BCUT2D eigenvalue weighted by Crippen LogP contribution is -2.29. The maximum Gasteiger partial charge on any atom is 0.119 e. The third-order valence-corrected chi connectivity index (χ3v) is 3.15. The lowest BCUT2D eigenvalue weighted by atomic mass is 10.0. The average Bonchev–Trinajstić information content (AvgIpc) is 3.10. The summed E-state index contributed by atoms with van der Waals surface area (Å²) in [5, 5.41) is 3.41. The molecule has 2 rings (SSSR count). The summed E-state index contributed by atoms with van der Waals surface area (Å²) in [6.45, 7) is 0. The first-order valence-electron chi connectivity index (χ1n) is 5.63. The summed E-state index contributed by atoms with van der Waals surface area (Å²) in [6.07, 6.45) is 3.88. The van der Waals surface area contributed by atoms with Crippen LogP contribution in [0.4, 0.5) is 0 Å². The topological polar surface area (TPSA) is 21.3 Å². The molecule has 1 aromatic carbocycles. The van der Waals surface area contributed by atoms with Gasteiger partial charge in [-0.05, 0) is 49.9 Å². The summed E-state index contributed by atoms with van der Waals surface area (Å²) in [7, 11) is 3.78. The number of benzene rings is 1. The predicted molar refractivity (Wildman–Crippen MR) is 62.3 cm³/mol. The van der Waals surface area contributed by atoms with Crippen molar-refractivity contribution in [3.05, 3.63) is 29.8 Å². The van der Waals surface area contributed by atoms with Gasteiger partial charge in [-0.2, -0.15) is 0 Å². The van der Waals surface area contributed by atoms with Crippen LogP contribution >= 0.6 is 0 Å². The van der Waals surface area contributed by atoms with Crippen molar-refractivity contribution in [1.29, 1.82) is 0 Å². The Bertz CT molecular complexity index is 320. The quantitative estimate of drug-likeness (QED) is 0.796. The Morgan fingerprint density at radius 1 is 1.47 bits per heavy atom. The molecule has 1 saturated carbocycles. The van der Waals surface area contributed by atoms with Crippen molar-refractivity contribution in [3.8, 4) is 5.75 Å². The van der Waals surface area contributed by atoms with E-state index in [4.69, 9.17) is 4.74 Å². The summed E-state index contributed by atoms with van der Waals surface area (Å²) in [4.78, 5) is 0. The van der Waals surface area contributed by atoms with E-state index in [0.717, 1.165) is 18.1 Å². The molecule has 1 aromatic rings. The summed E-state index contributed by atoms with van der Waals surface area (Å²) < 4.78 is 5.23. The van der Waals surface area contributed by atoms with Gasteiger partial charge in [0.1, 0.15) is 5.75 Å². The Kier molecular flexibility index (Phi) is 3.27. The van der Waals surface area contributed by atoms with E-state index in [-0.39, 0.29) is 0 Å². The van der Waals surface area contributed by atoms with E-state index in [9.17, 15) is 0 Å². The lowest BCUT2D eigenvalue weighted by molar-refractivity contribution is 0.413. The number of likely N-dealkylation sites (N-methyl/N-ethyl adjacent to an activating group) is 1. The van der Waals surface area contributed by atoms with Gasteiger partial charge < -0.3 is 10.1 Å². The fourth-order valence-corrected chi connectivity index (χ4v) is 2.06. The normalized spacial score (nSPS) is 17.5. The second kappa shape index (κ2) is 4.67. The zero-order chi connectivity index (χ0) is 10.7. The molecule has 0 bridgehead atoms. The molecule has 1 N–H and O–H groups in total. The van der Waals surface area contributed by atoms with Gasteiger partial charge in [-0.25, -0.2) is 0 Å². The minimum atomic E-state index is 0.636. The number of hydrogen-bond acceptors (Lipinski definition) is 2. The van der Waals surface area contributed by atoms with Gasteiger partial charge in [0.2, 0.25) is 0 Å². The first kappa shape index (κ1) is 10.5. The molecule has 1 aliphatic rings. The summed E-state index contributed by atoms with van der Waals surface area (Å²) in [5.74, 6) is 1.85. The number of hydrogen-bond donors (Lipinski definition) is 1. The first-order valence-corrected chi connectivity index (χ1v) is 5.63. The number of nitrogens with one attached hydrogen (secondary N) is 1. The van der Waals surface area contributed by atoms with Crippen LogP contribution < -0.4 is 10.1 Å². The molecule has 1 aliphatic carbocycles. The molecule has 0 heterocycles. The summed E-state index contributed by atoms with van der Waals surface area (Å²) in [5.41, 5.74) is 1.36. The van der Waals surface area contributed by atoms with Gasteiger partial charge >= 0.3 is 0 Å². The maximum absolute atomic E-state index is 5.23. The van der Waals surface area contributed by atoms with Gasteiger partial charge in [-0.1, -0.05) is 12.1 Å². The van der Waals surface area contributed by atoms with Crippen molar-refractivity contribution < 1.29 is 4.74 Å². The molecule has 0 radical (unpaired) electrons. The monoisotopic (exact) mass is 205 g/mol. The van der Waals surface area contributed by atoms with Crippen LogP contribution in [0.15, 0.2) is 24.3 Å². The van der Waals surface area contributed by atoms with Gasteiger partial charge in [0.15, 0.2) is 0 Å². The molecular weight excluding hydrogens is 186 g/mol.